The van der Waals surface area contributed by atoms with Gasteiger partial charge in [0, 0.05) is 22.7 Å². The molecule has 2 aromatic carbocycles. The Morgan fingerprint density at radius 2 is 2.00 bits per heavy atom. The van der Waals surface area contributed by atoms with Crippen LogP contribution in [0.5, 0.6) is 5.75 Å². The summed E-state index contributed by atoms with van der Waals surface area (Å²) in [7, 11) is 1.50. The number of carbonyl (C=O) groups is 2. The number of anilines is 1. The molecule has 0 aromatic heterocycles. The van der Waals surface area contributed by atoms with Gasteiger partial charge in [-0.2, -0.15) is 0 Å². The van der Waals surface area contributed by atoms with Gasteiger partial charge in [0.15, 0.2) is 5.78 Å². The van der Waals surface area contributed by atoms with E-state index in [1.54, 1.807) is 42.5 Å². The van der Waals surface area contributed by atoms with Crippen molar-refractivity contribution in [3.05, 3.63) is 58.6 Å². The molecule has 0 aliphatic rings. The van der Waals surface area contributed by atoms with Crippen molar-refractivity contribution in [3.8, 4) is 5.75 Å². The lowest BCUT2D eigenvalue weighted by molar-refractivity contribution is 0.0993. The van der Waals surface area contributed by atoms with Crippen molar-refractivity contribution in [1.29, 1.82) is 0 Å². The number of halogens is 1. The van der Waals surface area contributed by atoms with Gasteiger partial charge >= 0.3 is 6.09 Å². The Bertz CT molecular complexity index is 715. The zero-order valence-corrected chi connectivity index (χ0v) is 12.6. The van der Waals surface area contributed by atoms with E-state index in [1.807, 2.05) is 0 Å². The molecule has 0 bridgehead atoms. The van der Waals surface area contributed by atoms with Crippen LogP contribution in [0.15, 0.2) is 42.5 Å². The number of hydrogen-bond donors (Lipinski definition) is 2. The van der Waals surface area contributed by atoms with Crippen LogP contribution >= 0.6 is 11.6 Å². The van der Waals surface area contributed by atoms with Gasteiger partial charge < -0.3 is 9.84 Å². The van der Waals surface area contributed by atoms with E-state index in [9.17, 15) is 9.59 Å². The number of rotatable bonds is 5. The molecule has 1 amide bonds. The lowest BCUT2D eigenvalue weighted by Gasteiger charge is -2.11. The predicted octanol–water partition coefficient (Wildman–Crippen LogP) is 3.86. The highest BCUT2D eigenvalue weighted by molar-refractivity contribution is 6.31. The lowest BCUT2D eigenvalue weighted by atomic mass is 10.0. The van der Waals surface area contributed by atoms with Gasteiger partial charge in [-0.1, -0.05) is 23.7 Å². The zero-order valence-electron chi connectivity index (χ0n) is 11.8. The van der Waals surface area contributed by atoms with Crippen molar-refractivity contribution >= 4 is 29.2 Å². The summed E-state index contributed by atoms with van der Waals surface area (Å²) in [5.41, 5.74) is 1.35. The quantitative estimate of drug-likeness (QED) is 0.820. The molecule has 0 spiro atoms. The van der Waals surface area contributed by atoms with Crippen LogP contribution in [0.25, 0.3) is 0 Å². The molecule has 5 nitrogen and oxygen atoms in total. The summed E-state index contributed by atoms with van der Waals surface area (Å²) >= 11 is 5.88. The summed E-state index contributed by atoms with van der Waals surface area (Å²) in [6.07, 6.45) is -1.16. The second-order valence-corrected chi connectivity index (χ2v) is 5.00. The van der Waals surface area contributed by atoms with Crippen molar-refractivity contribution in [2.24, 2.45) is 0 Å². The van der Waals surface area contributed by atoms with Gasteiger partial charge in [0.25, 0.3) is 0 Å². The number of methoxy groups -OCH3 is 1. The van der Waals surface area contributed by atoms with E-state index < -0.39 is 6.09 Å². The number of carboxylic acid groups (broad SMARTS) is 1. The Balaban J connectivity index is 2.30. The number of ether oxygens (including phenoxy) is 1. The van der Waals surface area contributed by atoms with Crippen LogP contribution < -0.4 is 10.1 Å². The van der Waals surface area contributed by atoms with Crippen molar-refractivity contribution in [1.82, 2.24) is 0 Å². The third kappa shape index (κ3) is 3.99. The third-order valence-electron chi connectivity index (χ3n) is 3.05. The lowest BCUT2D eigenvalue weighted by Crippen LogP contribution is -2.12. The summed E-state index contributed by atoms with van der Waals surface area (Å²) in [4.78, 5) is 23.2. The largest absolute Gasteiger partial charge is 0.497 e. The summed E-state index contributed by atoms with van der Waals surface area (Å²) in [5.74, 6) is 0.383. The maximum Gasteiger partial charge on any atom is 0.409 e. The van der Waals surface area contributed by atoms with E-state index in [4.69, 9.17) is 21.4 Å². The maximum atomic E-state index is 12.3. The fourth-order valence-corrected chi connectivity index (χ4v) is 2.21. The van der Waals surface area contributed by atoms with Gasteiger partial charge in [0.05, 0.1) is 7.11 Å². The molecular weight excluding hydrogens is 306 g/mol. The van der Waals surface area contributed by atoms with Gasteiger partial charge in [-0.15, -0.1) is 0 Å². The third-order valence-corrected chi connectivity index (χ3v) is 3.29. The maximum absolute atomic E-state index is 12.3. The summed E-state index contributed by atoms with van der Waals surface area (Å²) in [5, 5.41) is 11.6. The molecule has 0 saturated carbocycles. The topological polar surface area (TPSA) is 75.6 Å². The molecule has 22 heavy (non-hydrogen) atoms. The van der Waals surface area contributed by atoms with E-state index in [0.717, 1.165) is 0 Å². The van der Waals surface area contributed by atoms with Gasteiger partial charge in [-0.25, -0.2) is 4.79 Å². The van der Waals surface area contributed by atoms with E-state index >= 15 is 0 Å². The molecule has 0 aliphatic carbocycles. The first-order chi connectivity index (χ1) is 10.5. The molecule has 2 N–H and O–H groups in total. The molecule has 0 saturated heterocycles. The van der Waals surface area contributed by atoms with Crippen LogP contribution in [0, 0.1) is 0 Å². The summed E-state index contributed by atoms with van der Waals surface area (Å²) in [6.45, 7) is 0. The van der Waals surface area contributed by atoms with Gasteiger partial charge in [0.1, 0.15) is 5.75 Å². The molecule has 6 heteroatoms. The normalized spacial score (nSPS) is 10.1. The van der Waals surface area contributed by atoms with Crippen molar-refractivity contribution in [2.45, 2.75) is 6.42 Å². The zero-order chi connectivity index (χ0) is 16.1. The number of Topliss-reactive ketones (excluding diaryl/α,β-unsaturated/α-hetero) is 1. The molecule has 0 atom stereocenters. The number of hydrogen-bond acceptors (Lipinski definition) is 3. The molecular formula is C16H14ClNO4. The van der Waals surface area contributed by atoms with E-state index in [1.165, 1.54) is 7.11 Å². The second-order valence-electron chi connectivity index (χ2n) is 4.56. The highest BCUT2D eigenvalue weighted by Gasteiger charge is 2.13. The first kappa shape index (κ1) is 15.9. The summed E-state index contributed by atoms with van der Waals surface area (Å²) in [6, 6.07) is 11.4. The molecule has 0 radical (unpaired) electrons. The van der Waals surface area contributed by atoms with Crippen LogP contribution in [-0.4, -0.2) is 24.1 Å². The average Bonchev–Trinajstić information content (AvgIpc) is 2.48. The van der Waals surface area contributed by atoms with E-state index in [2.05, 4.69) is 5.32 Å². The minimum atomic E-state index is -1.19. The number of carbonyl (C=O) groups excluding carboxylic acids is 1. The van der Waals surface area contributed by atoms with Crippen molar-refractivity contribution in [3.63, 3.8) is 0 Å². The minimum Gasteiger partial charge on any atom is -0.497 e. The number of benzene rings is 2. The van der Waals surface area contributed by atoms with Crippen LogP contribution in [0.3, 0.4) is 0 Å². The Kier molecular flexibility index (Phi) is 5.01. The number of amides is 1. The molecule has 2 rings (SSSR count). The molecule has 0 heterocycles. The van der Waals surface area contributed by atoms with E-state index in [-0.39, 0.29) is 12.2 Å². The average molecular weight is 320 g/mol. The molecule has 0 aliphatic heterocycles. The highest BCUT2D eigenvalue weighted by Crippen LogP contribution is 2.24. The fourth-order valence-electron chi connectivity index (χ4n) is 2.02. The van der Waals surface area contributed by atoms with Crippen LogP contribution in [0.4, 0.5) is 10.5 Å². The van der Waals surface area contributed by atoms with Crippen molar-refractivity contribution in [2.75, 3.05) is 12.4 Å². The molecule has 2 aromatic rings. The number of nitrogens with one attached hydrogen (secondary N) is 1. The fraction of sp³-hybridized carbons (Fsp3) is 0.125. The molecule has 0 fully saturated rings. The highest BCUT2D eigenvalue weighted by atomic mass is 35.5. The SMILES string of the molecule is COc1ccc(NC(=O)O)c(CC(=O)c2cccc(Cl)c2)c1. The second kappa shape index (κ2) is 6.95. The van der Waals surface area contributed by atoms with E-state index in [0.29, 0.717) is 27.6 Å². The van der Waals surface area contributed by atoms with Crippen LogP contribution in [0.2, 0.25) is 5.02 Å². The molecule has 0 unspecified atom stereocenters. The summed E-state index contributed by atoms with van der Waals surface area (Å²) < 4.78 is 5.11. The Morgan fingerprint density at radius 1 is 1.23 bits per heavy atom. The molecule has 114 valence electrons. The van der Waals surface area contributed by atoms with Gasteiger partial charge in [-0.3, -0.25) is 10.1 Å². The Labute approximate surface area is 132 Å². The first-order valence-corrected chi connectivity index (χ1v) is 6.83. The predicted molar refractivity (Wildman–Crippen MR) is 84.1 cm³/mol. The number of ketones is 1. The van der Waals surface area contributed by atoms with Crippen LogP contribution in [0.1, 0.15) is 15.9 Å². The smallest absolute Gasteiger partial charge is 0.409 e. The monoisotopic (exact) mass is 319 g/mol. The Hall–Kier alpha value is -2.53. The minimum absolute atomic E-state index is 0.0349. The standard InChI is InChI=1S/C16H14ClNO4/c1-22-13-5-6-14(18-16(20)21)11(8-13)9-15(19)10-3-2-4-12(17)7-10/h2-8,18H,9H2,1H3,(H,20,21). The van der Waals surface area contributed by atoms with Gasteiger partial charge in [-0.05, 0) is 35.9 Å². The van der Waals surface area contributed by atoms with Crippen LogP contribution in [-0.2, 0) is 6.42 Å². The first-order valence-electron chi connectivity index (χ1n) is 6.45. The van der Waals surface area contributed by atoms with Crippen molar-refractivity contribution < 1.29 is 19.4 Å². The van der Waals surface area contributed by atoms with Gasteiger partial charge in [0.2, 0.25) is 0 Å². The Morgan fingerprint density at radius 3 is 2.64 bits per heavy atom.